The molecule has 27 heavy (non-hydrogen) atoms. The predicted octanol–water partition coefficient (Wildman–Crippen LogP) is 3.90. The number of hydrogen-bond donors (Lipinski definition) is 0. The van der Waals surface area contributed by atoms with Gasteiger partial charge in [0.05, 0.1) is 26.9 Å². The molecule has 0 radical (unpaired) electrons. The highest BCUT2D eigenvalue weighted by molar-refractivity contribution is 6.06. The Morgan fingerprint density at radius 3 is 2.19 bits per heavy atom. The number of benzene rings is 3. The maximum atomic E-state index is 12.6. The summed E-state index contributed by atoms with van der Waals surface area (Å²) >= 11 is 0. The minimum absolute atomic E-state index is 0.272. The number of fused-ring (bicyclic) bond motifs is 1. The molecule has 0 spiro atoms. The second-order valence-corrected chi connectivity index (χ2v) is 5.61. The van der Waals surface area contributed by atoms with E-state index in [0.717, 1.165) is 6.29 Å². The van der Waals surface area contributed by atoms with Crippen LogP contribution >= 0.6 is 0 Å². The second-order valence-electron chi connectivity index (χ2n) is 5.61. The molecular formula is C21H18O6. The number of rotatable bonds is 6. The van der Waals surface area contributed by atoms with Crippen molar-refractivity contribution in [3.05, 3.63) is 59.7 Å². The van der Waals surface area contributed by atoms with Crippen molar-refractivity contribution in [1.82, 2.24) is 0 Å². The molecule has 0 atom stereocenters. The Hall–Kier alpha value is -3.54. The highest BCUT2D eigenvalue weighted by Gasteiger charge is 2.17. The fourth-order valence-corrected chi connectivity index (χ4v) is 2.86. The smallest absolute Gasteiger partial charge is 0.343 e. The zero-order valence-electron chi connectivity index (χ0n) is 15.1. The maximum absolute atomic E-state index is 12.6. The van der Waals surface area contributed by atoms with E-state index in [1.54, 1.807) is 42.5 Å². The van der Waals surface area contributed by atoms with Crippen LogP contribution in [0.2, 0.25) is 0 Å². The number of aldehydes is 1. The van der Waals surface area contributed by atoms with Crippen molar-refractivity contribution < 1.29 is 28.5 Å². The van der Waals surface area contributed by atoms with Gasteiger partial charge in [0, 0.05) is 16.3 Å². The number of carbonyl (C=O) groups is 2. The first-order valence-corrected chi connectivity index (χ1v) is 8.12. The maximum Gasteiger partial charge on any atom is 0.343 e. The zero-order chi connectivity index (χ0) is 19.4. The van der Waals surface area contributed by atoms with Gasteiger partial charge in [-0.15, -0.1) is 0 Å². The summed E-state index contributed by atoms with van der Waals surface area (Å²) in [5, 5.41) is 1.19. The summed E-state index contributed by atoms with van der Waals surface area (Å²) in [6.45, 7) is 0. The number of hydrogen-bond acceptors (Lipinski definition) is 6. The van der Waals surface area contributed by atoms with Gasteiger partial charge in [-0.1, -0.05) is 12.1 Å². The molecule has 0 unspecified atom stereocenters. The molecule has 0 aliphatic heterocycles. The molecule has 3 rings (SSSR count). The van der Waals surface area contributed by atoms with E-state index in [2.05, 4.69) is 0 Å². The average molecular weight is 366 g/mol. The summed E-state index contributed by atoms with van der Waals surface area (Å²) in [6.07, 6.45) is 0.718. The molecule has 6 nitrogen and oxygen atoms in total. The molecule has 0 N–H and O–H groups in total. The van der Waals surface area contributed by atoms with Crippen LogP contribution in [0, 0.1) is 0 Å². The lowest BCUT2D eigenvalue weighted by atomic mass is 10.0. The van der Waals surface area contributed by atoms with Crippen LogP contribution in [-0.4, -0.2) is 33.6 Å². The summed E-state index contributed by atoms with van der Waals surface area (Å²) in [4.78, 5) is 24.1. The van der Waals surface area contributed by atoms with Crippen molar-refractivity contribution in [1.29, 1.82) is 0 Å². The van der Waals surface area contributed by atoms with Crippen molar-refractivity contribution in [2.45, 2.75) is 0 Å². The summed E-state index contributed by atoms with van der Waals surface area (Å²) in [7, 11) is 4.54. The van der Waals surface area contributed by atoms with E-state index in [-0.39, 0.29) is 5.75 Å². The van der Waals surface area contributed by atoms with Gasteiger partial charge in [-0.05, 0) is 36.4 Å². The molecule has 0 amide bonds. The average Bonchev–Trinajstić information content (AvgIpc) is 2.72. The topological polar surface area (TPSA) is 71.1 Å². The van der Waals surface area contributed by atoms with E-state index >= 15 is 0 Å². The summed E-state index contributed by atoms with van der Waals surface area (Å²) in [5.74, 6) is 1.20. The molecule has 0 bridgehead atoms. The lowest BCUT2D eigenvalue weighted by molar-refractivity contribution is 0.0736. The van der Waals surface area contributed by atoms with E-state index in [4.69, 9.17) is 18.9 Å². The third kappa shape index (κ3) is 3.42. The van der Waals surface area contributed by atoms with Gasteiger partial charge in [0.2, 0.25) is 0 Å². The first kappa shape index (κ1) is 18.3. The molecule has 0 fully saturated rings. The van der Waals surface area contributed by atoms with Crippen molar-refractivity contribution in [3.63, 3.8) is 0 Å². The van der Waals surface area contributed by atoms with E-state index in [0.29, 0.717) is 39.1 Å². The fraction of sp³-hybridized carbons (Fsp3) is 0.143. The Balaban J connectivity index is 2.04. The lowest BCUT2D eigenvalue weighted by Crippen LogP contribution is -2.09. The second kappa shape index (κ2) is 7.78. The highest BCUT2D eigenvalue weighted by Crippen LogP contribution is 2.35. The Morgan fingerprint density at radius 2 is 1.52 bits per heavy atom. The van der Waals surface area contributed by atoms with Crippen molar-refractivity contribution in [2.24, 2.45) is 0 Å². The third-order valence-electron chi connectivity index (χ3n) is 4.16. The van der Waals surface area contributed by atoms with Crippen LogP contribution in [0.4, 0.5) is 0 Å². The van der Waals surface area contributed by atoms with Gasteiger partial charge in [0.15, 0.2) is 17.8 Å². The fourth-order valence-electron chi connectivity index (χ4n) is 2.86. The van der Waals surface area contributed by atoms with Gasteiger partial charge < -0.3 is 18.9 Å². The van der Waals surface area contributed by atoms with E-state index in [1.165, 1.54) is 27.4 Å². The minimum atomic E-state index is -0.580. The number of ether oxygens (including phenoxy) is 4. The Labute approximate surface area is 156 Å². The van der Waals surface area contributed by atoms with Crippen molar-refractivity contribution >= 4 is 23.0 Å². The first-order chi connectivity index (χ1) is 13.1. The van der Waals surface area contributed by atoms with Crippen LogP contribution in [0.1, 0.15) is 20.7 Å². The minimum Gasteiger partial charge on any atom is -0.496 e. The monoisotopic (exact) mass is 366 g/mol. The van der Waals surface area contributed by atoms with Crippen LogP contribution in [0.25, 0.3) is 10.8 Å². The predicted molar refractivity (Wildman–Crippen MR) is 100 cm³/mol. The Bertz CT molecular complexity index is 1010. The van der Waals surface area contributed by atoms with Gasteiger partial charge >= 0.3 is 5.97 Å². The molecule has 0 aliphatic carbocycles. The Kier molecular flexibility index (Phi) is 5.26. The van der Waals surface area contributed by atoms with Gasteiger partial charge in [0.25, 0.3) is 0 Å². The molecule has 0 heterocycles. The summed E-state index contributed by atoms with van der Waals surface area (Å²) in [5.41, 5.74) is 0.696. The van der Waals surface area contributed by atoms with Crippen molar-refractivity contribution in [2.75, 3.05) is 21.3 Å². The third-order valence-corrected chi connectivity index (χ3v) is 4.16. The Morgan fingerprint density at radius 1 is 0.815 bits per heavy atom. The molecule has 0 saturated carbocycles. The van der Waals surface area contributed by atoms with Crippen LogP contribution in [0.5, 0.6) is 23.0 Å². The number of esters is 1. The first-order valence-electron chi connectivity index (χ1n) is 8.12. The number of methoxy groups -OCH3 is 3. The molecular weight excluding hydrogens is 348 g/mol. The quantitative estimate of drug-likeness (QED) is 0.374. The van der Waals surface area contributed by atoms with Gasteiger partial charge in [-0.25, -0.2) is 4.79 Å². The molecule has 3 aromatic rings. The molecule has 6 heteroatoms. The van der Waals surface area contributed by atoms with Crippen LogP contribution in [0.3, 0.4) is 0 Å². The largest absolute Gasteiger partial charge is 0.496 e. The SMILES string of the molecule is COc1ccc(C(=O)Oc2cccc3c(OC)ccc(C=O)c23)cc1OC. The van der Waals surface area contributed by atoms with Crippen LogP contribution in [0.15, 0.2) is 48.5 Å². The molecule has 0 aromatic heterocycles. The molecule has 3 aromatic carbocycles. The van der Waals surface area contributed by atoms with Gasteiger partial charge in [-0.3, -0.25) is 4.79 Å². The molecule has 0 saturated heterocycles. The zero-order valence-corrected chi connectivity index (χ0v) is 15.1. The van der Waals surface area contributed by atoms with Gasteiger partial charge in [-0.2, -0.15) is 0 Å². The lowest BCUT2D eigenvalue weighted by Gasteiger charge is -2.13. The van der Waals surface area contributed by atoms with E-state index in [1.807, 2.05) is 0 Å². The van der Waals surface area contributed by atoms with Crippen LogP contribution in [-0.2, 0) is 0 Å². The standard InChI is InChI=1S/C21H18O6/c1-24-16-9-8-14(12-22)20-15(16)5-4-6-18(20)27-21(23)13-7-10-17(25-2)19(11-13)26-3/h4-12H,1-3H3. The van der Waals surface area contributed by atoms with E-state index in [9.17, 15) is 9.59 Å². The molecule has 138 valence electrons. The van der Waals surface area contributed by atoms with Crippen molar-refractivity contribution in [3.8, 4) is 23.0 Å². The molecule has 0 aliphatic rings. The van der Waals surface area contributed by atoms with Crippen LogP contribution < -0.4 is 18.9 Å². The number of carbonyl (C=O) groups excluding carboxylic acids is 2. The normalized spacial score (nSPS) is 10.3. The summed E-state index contributed by atoms with van der Waals surface area (Å²) < 4.78 is 21.3. The van der Waals surface area contributed by atoms with E-state index < -0.39 is 5.97 Å². The van der Waals surface area contributed by atoms with Gasteiger partial charge in [0.1, 0.15) is 11.5 Å². The summed E-state index contributed by atoms with van der Waals surface area (Å²) in [6, 6.07) is 13.2. The highest BCUT2D eigenvalue weighted by atomic mass is 16.5.